The summed E-state index contributed by atoms with van der Waals surface area (Å²) in [4.78, 5) is 22.9. The molecular formula is C14H16FNO4. The minimum atomic E-state index is -0.841. The van der Waals surface area contributed by atoms with Crippen LogP contribution in [0.5, 0.6) is 5.75 Å². The van der Waals surface area contributed by atoms with E-state index >= 15 is 0 Å². The monoisotopic (exact) mass is 281 g/mol. The molecule has 2 unspecified atom stereocenters. The van der Waals surface area contributed by atoms with Gasteiger partial charge >= 0.3 is 5.97 Å². The molecule has 1 fully saturated rings. The molecule has 1 amide bonds. The Kier molecular flexibility index (Phi) is 4.22. The zero-order valence-corrected chi connectivity index (χ0v) is 10.8. The molecule has 1 aromatic carbocycles. The quantitative estimate of drug-likeness (QED) is 0.785. The fourth-order valence-corrected chi connectivity index (χ4v) is 2.62. The molecule has 0 heterocycles. The van der Waals surface area contributed by atoms with Gasteiger partial charge in [-0.3, -0.25) is 9.59 Å². The number of hydrogen-bond acceptors (Lipinski definition) is 3. The highest BCUT2D eigenvalue weighted by Crippen LogP contribution is 2.31. The number of nitrogens with one attached hydrogen (secondary N) is 1. The number of phenolic OH excluding ortho intramolecular Hbond substituents is 1. The van der Waals surface area contributed by atoms with Gasteiger partial charge in [0.05, 0.1) is 11.5 Å². The van der Waals surface area contributed by atoms with Gasteiger partial charge in [0.1, 0.15) is 11.6 Å². The number of halogens is 1. The third-order valence-electron chi connectivity index (χ3n) is 3.71. The first-order valence-corrected chi connectivity index (χ1v) is 6.48. The van der Waals surface area contributed by atoms with Crippen LogP contribution >= 0.6 is 0 Å². The van der Waals surface area contributed by atoms with Crippen LogP contribution in [-0.2, 0) is 4.79 Å². The maximum Gasteiger partial charge on any atom is 0.306 e. The zero-order chi connectivity index (χ0) is 14.7. The molecule has 5 nitrogen and oxygen atoms in total. The number of carbonyl (C=O) groups excluding carboxylic acids is 1. The Hall–Kier alpha value is -2.11. The Morgan fingerprint density at radius 3 is 2.75 bits per heavy atom. The molecule has 1 aliphatic carbocycles. The van der Waals surface area contributed by atoms with Gasteiger partial charge in [-0.25, -0.2) is 4.39 Å². The molecular weight excluding hydrogens is 265 g/mol. The Labute approximate surface area is 115 Å². The summed E-state index contributed by atoms with van der Waals surface area (Å²) in [6.07, 6.45) is 2.21. The van der Waals surface area contributed by atoms with Gasteiger partial charge in [0, 0.05) is 12.6 Å². The molecule has 1 aromatic rings. The van der Waals surface area contributed by atoms with Gasteiger partial charge in [-0.15, -0.1) is 0 Å². The van der Waals surface area contributed by atoms with Gasteiger partial charge in [0.15, 0.2) is 0 Å². The molecule has 1 aliphatic rings. The van der Waals surface area contributed by atoms with E-state index in [0.29, 0.717) is 6.42 Å². The van der Waals surface area contributed by atoms with Crippen molar-refractivity contribution in [3.8, 4) is 5.75 Å². The third-order valence-corrected chi connectivity index (χ3v) is 3.71. The van der Waals surface area contributed by atoms with Crippen LogP contribution in [0, 0.1) is 17.7 Å². The maximum atomic E-state index is 12.8. The molecule has 1 saturated carbocycles. The smallest absolute Gasteiger partial charge is 0.306 e. The van der Waals surface area contributed by atoms with E-state index in [1.807, 2.05) is 0 Å². The van der Waals surface area contributed by atoms with Gasteiger partial charge in [-0.1, -0.05) is 6.42 Å². The lowest BCUT2D eigenvalue weighted by atomic mass is 9.96. The van der Waals surface area contributed by atoms with Crippen LogP contribution in [0.4, 0.5) is 4.39 Å². The van der Waals surface area contributed by atoms with Crippen molar-refractivity contribution in [3.05, 3.63) is 29.6 Å². The fourth-order valence-electron chi connectivity index (χ4n) is 2.62. The number of phenols is 1. The predicted octanol–water partition coefficient (Wildman–Crippen LogP) is 1.76. The summed E-state index contributed by atoms with van der Waals surface area (Å²) in [6.45, 7) is 0.243. The van der Waals surface area contributed by atoms with Crippen molar-refractivity contribution < 1.29 is 24.2 Å². The maximum absolute atomic E-state index is 12.8. The van der Waals surface area contributed by atoms with Crippen molar-refractivity contribution in [2.24, 2.45) is 11.8 Å². The molecule has 2 rings (SSSR count). The van der Waals surface area contributed by atoms with Crippen LogP contribution in [0.1, 0.15) is 29.6 Å². The van der Waals surface area contributed by atoms with E-state index in [1.165, 1.54) is 6.07 Å². The summed E-state index contributed by atoms with van der Waals surface area (Å²) in [5.41, 5.74) is -0.0173. The number of amides is 1. The molecule has 108 valence electrons. The number of aliphatic carboxylic acids is 1. The van der Waals surface area contributed by atoms with E-state index in [1.54, 1.807) is 0 Å². The van der Waals surface area contributed by atoms with Crippen LogP contribution in [0.15, 0.2) is 18.2 Å². The number of carboxylic acids is 1. The van der Waals surface area contributed by atoms with E-state index < -0.39 is 29.4 Å². The Morgan fingerprint density at radius 1 is 1.35 bits per heavy atom. The standard InChI is InChI=1S/C14H16FNO4/c15-9-4-5-11(12(17)6-9)13(18)16-7-8-2-1-3-10(8)14(19)20/h4-6,8,10,17H,1-3,7H2,(H,16,18)(H,19,20). The van der Waals surface area contributed by atoms with E-state index in [-0.39, 0.29) is 18.0 Å². The molecule has 0 saturated heterocycles. The van der Waals surface area contributed by atoms with Gasteiger partial charge in [0.2, 0.25) is 0 Å². The molecule has 0 radical (unpaired) electrons. The molecule has 2 atom stereocenters. The number of benzene rings is 1. The molecule has 0 bridgehead atoms. The van der Waals surface area contributed by atoms with E-state index in [9.17, 15) is 19.1 Å². The minimum Gasteiger partial charge on any atom is -0.507 e. The molecule has 20 heavy (non-hydrogen) atoms. The summed E-state index contributed by atoms with van der Waals surface area (Å²) in [6, 6.07) is 3.15. The highest BCUT2D eigenvalue weighted by molar-refractivity contribution is 5.96. The van der Waals surface area contributed by atoms with Crippen molar-refractivity contribution >= 4 is 11.9 Å². The second kappa shape index (κ2) is 5.90. The van der Waals surface area contributed by atoms with Crippen molar-refractivity contribution in [2.45, 2.75) is 19.3 Å². The number of carboxylic acid groups (broad SMARTS) is 1. The summed E-state index contributed by atoms with van der Waals surface area (Å²) in [5, 5.41) is 21.1. The first-order chi connectivity index (χ1) is 9.49. The minimum absolute atomic E-state index is 0.0173. The second-order valence-corrected chi connectivity index (χ2v) is 5.01. The van der Waals surface area contributed by atoms with E-state index in [2.05, 4.69) is 5.32 Å². The lowest BCUT2D eigenvalue weighted by Crippen LogP contribution is -2.33. The van der Waals surface area contributed by atoms with Gasteiger partial charge in [0.25, 0.3) is 5.91 Å². The number of aromatic hydroxyl groups is 1. The fraction of sp³-hybridized carbons (Fsp3) is 0.429. The zero-order valence-electron chi connectivity index (χ0n) is 10.8. The first kappa shape index (κ1) is 14.3. The summed E-state index contributed by atoms with van der Waals surface area (Å²) < 4.78 is 12.8. The van der Waals surface area contributed by atoms with Gasteiger partial charge < -0.3 is 15.5 Å². The normalized spacial score (nSPS) is 21.6. The predicted molar refractivity (Wildman–Crippen MR) is 68.9 cm³/mol. The Balaban J connectivity index is 1.97. The summed E-state index contributed by atoms with van der Waals surface area (Å²) in [5.74, 6) is -2.95. The van der Waals surface area contributed by atoms with Crippen LogP contribution in [0.2, 0.25) is 0 Å². The van der Waals surface area contributed by atoms with Gasteiger partial charge in [-0.05, 0) is 30.9 Å². The third kappa shape index (κ3) is 3.07. The Morgan fingerprint density at radius 2 is 2.10 bits per heavy atom. The van der Waals surface area contributed by atoms with Crippen LogP contribution in [0.25, 0.3) is 0 Å². The highest BCUT2D eigenvalue weighted by Gasteiger charge is 2.33. The topological polar surface area (TPSA) is 86.6 Å². The number of hydrogen-bond donors (Lipinski definition) is 3. The number of rotatable bonds is 4. The summed E-state index contributed by atoms with van der Waals surface area (Å²) >= 11 is 0. The average Bonchev–Trinajstić information content (AvgIpc) is 2.84. The van der Waals surface area contributed by atoms with E-state index in [0.717, 1.165) is 25.0 Å². The molecule has 6 heteroatoms. The van der Waals surface area contributed by atoms with Crippen LogP contribution in [0.3, 0.4) is 0 Å². The largest absolute Gasteiger partial charge is 0.507 e. The lowest BCUT2D eigenvalue weighted by molar-refractivity contribution is -0.142. The second-order valence-electron chi connectivity index (χ2n) is 5.01. The van der Waals surface area contributed by atoms with Crippen molar-refractivity contribution in [3.63, 3.8) is 0 Å². The lowest BCUT2D eigenvalue weighted by Gasteiger charge is -2.16. The molecule has 3 N–H and O–H groups in total. The number of carbonyl (C=O) groups is 2. The van der Waals surface area contributed by atoms with Crippen LogP contribution in [-0.4, -0.2) is 28.6 Å². The SMILES string of the molecule is O=C(NCC1CCCC1C(=O)O)c1ccc(F)cc1O. The van der Waals surface area contributed by atoms with Crippen LogP contribution < -0.4 is 5.32 Å². The van der Waals surface area contributed by atoms with Crippen molar-refractivity contribution in [1.29, 1.82) is 0 Å². The van der Waals surface area contributed by atoms with Crippen molar-refractivity contribution in [1.82, 2.24) is 5.32 Å². The van der Waals surface area contributed by atoms with E-state index in [4.69, 9.17) is 5.11 Å². The Bertz CT molecular complexity index is 532. The highest BCUT2D eigenvalue weighted by atomic mass is 19.1. The molecule has 0 aromatic heterocycles. The first-order valence-electron chi connectivity index (χ1n) is 6.48. The van der Waals surface area contributed by atoms with Gasteiger partial charge in [-0.2, -0.15) is 0 Å². The molecule has 0 aliphatic heterocycles. The molecule has 0 spiro atoms. The summed E-state index contributed by atoms with van der Waals surface area (Å²) in [7, 11) is 0. The average molecular weight is 281 g/mol. The van der Waals surface area contributed by atoms with Crippen molar-refractivity contribution in [2.75, 3.05) is 6.54 Å².